The van der Waals surface area contributed by atoms with Crippen LogP contribution in [0, 0.1) is 23.2 Å². The fraction of sp³-hybridized carbons (Fsp3) is 0.500. The van der Waals surface area contributed by atoms with E-state index in [2.05, 4.69) is 97.6 Å². The Labute approximate surface area is 225 Å². The number of hydrogen-bond acceptors (Lipinski definition) is 3. The molecule has 3 heteroatoms. The molecule has 1 aromatic heterocycles. The van der Waals surface area contributed by atoms with E-state index in [1.807, 2.05) is 19.3 Å². The fourth-order valence-electron chi connectivity index (χ4n) is 6.10. The van der Waals surface area contributed by atoms with Crippen molar-refractivity contribution >= 4 is 16.5 Å². The first-order chi connectivity index (χ1) is 17.9. The molecule has 0 bridgehead atoms. The summed E-state index contributed by atoms with van der Waals surface area (Å²) in [7, 11) is 2.04. The van der Waals surface area contributed by atoms with Gasteiger partial charge in [0.05, 0.1) is 5.52 Å². The summed E-state index contributed by atoms with van der Waals surface area (Å²) < 4.78 is 0. The van der Waals surface area contributed by atoms with Crippen LogP contribution in [0.1, 0.15) is 64.9 Å². The highest BCUT2D eigenvalue weighted by Gasteiger charge is 2.57. The van der Waals surface area contributed by atoms with Gasteiger partial charge in [-0.3, -0.25) is 4.98 Å². The van der Waals surface area contributed by atoms with Crippen molar-refractivity contribution in [2.45, 2.75) is 65.3 Å². The Balaban J connectivity index is 1.29. The number of aromatic nitrogens is 1. The van der Waals surface area contributed by atoms with Gasteiger partial charge in [-0.2, -0.15) is 0 Å². The van der Waals surface area contributed by atoms with E-state index in [1.165, 1.54) is 45.2 Å². The molecular weight excluding hydrogens is 450 g/mol. The fourth-order valence-corrected chi connectivity index (χ4v) is 6.10. The van der Waals surface area contributed by atoms with Crippen LogP contribution < -0.4 is 10.6 Å². The number of piperidine rings is 1. The molecule has 2 N–H and O–H groups in total. The smallest absolute Gasteiger partial charge is 0.0702 e. The van der Waals surface area contributed by atoms with Crippen molar-refractivity contribution < 1.29 is 0 Å². The summed E-state index contributed by atoms with van der Waals surface area (Å²) in [6, 6.07) is 10.7. The molecule has 4 atom stereocenters. The Morgan fingerprint density at radius 1 is 1.27 bits per heavy atom. The van der Waals surface area contributed by atoms with Crippen LogP contribution in [0.2, 0.25) is 0 Å². The first kappa shape index (κ1) is 27.5. The van der Waals surface area contributed by atoms with Gasteiger partial charge in [0.25, 0.3) is 0 Å². The van der Waals surface area contributed by atoms with E-state index < -0.39 is 0 Å². The Morgan fingerprint density at radius 2 is 2.08 bits per heavy atom. The molecule has 2 aliphatic rings. The third kappa shape index (κ3) is 7.09. The highest BCUT2D eigenvalue weighted by molar-refractivity contribution is 5.84. The number of pyridine rings is 1. The number of nitrogens with one attached hydrogen (secondary N) is 2. The quantitative estimate of drug-likeness (QED) is 0.233. The van der Waals surface area contributed by atoms with E-state index in [1.54, 1.807) is 5.57 Å². The van der Waals surface area contributed by atoms with Crippen LogP contribution in [0.3, 0.4) is 0 Å². The summed E-state index contributed by atoms with van der Waals surface area (Å²) in [4.78, 5) is 4.42. The molecule has 2 aromatic rings. The number of rotatable bonds is 12. The maximum Gasteiger partial charge on any atom is 0.0702 e. The van der Waals surface area contributed by atoms with Gasteiger partial charge < -0.3 is 10.6 Å². The number of fused-ring (bicyclic) bond motifs is 1. The Morgan fingerprint density at radius 3 is 2.84 bits per heavy atom. The van der Waals surface area contributed by atoms with Crippen molar-refractivity contribution in [2.24, 2.45) is 23.2 Å². The zero-order valence-corrected chi connectivity index (χ0v) is 23.5. The molecule has 0 radical (unpaired) electrons. The summed E-state index contributed by atoms with van der Waals surface area (Å²) >= 11 is 0. The van der Waals surface area contributed by atoms with Crippen molar-refractivity contribution in [1.29, 1.82) is 0 Å². The monoisotopic (exact) mass is 497 g/mol. The molecule has 1 saturated carbocycles. The second-order valence-electron chi connectivity index (χ2n) is 11.5. The van der Waals surface area contributed by atoms with Gasteiger partial charge in [0, 0.05) is 17.6 Å². The summed E-state index contributed by atoms with van der Waals surface area (Å²) in [6.07, 6.45) is 21.1. The predicted molar refractivity (Wildman–Crippen MR) is 160 cm³/mol. The molecule has 2 heterocycles. The van der Waals surface area contributed by atoms with Crippen molar-refractivity contribution in [1.82, 2.24) is 15.6 Å². The van der Waals surface area contributed by atoms with Gasteiger partial charge in [0.15, 0.2) is 0 Å². The van der Waals surface area contributed by atoms with Gasteiger partial charge in [-0.05, 0) is 118 Å². The zero-order valence-electron chi connectivity index (χ0n) is 23.5. The van der Waals surface area contributed by atoms with E-state index in [4.69, 9.17) is 0 Å². The van der Waals surface area contributed by atoms with E-state index in [-0.39, 0.29) is 0 Å². The number of likely N-dealkylation sites (N-methyl/N-ethyl adjacent to an activating group) is 1. The minimum atomic E-state index is 0.298. The molecule has 0 spiro atoms. The first-order valence-electron chi connectivity index (χ1n) is 14.4. The van der Waals surface area contributed by atoms with E-state index in [0.29, 0.717) is 17.4 Å². The van der Waals surface area contributed by atoms with Gasteiger partial charge >= 0.3 is 0 Å². The summed E-state index contributed by atoms with van der Waals surface area (Å²) in [6.45, 7) is 13.9. The van der Waals surface area contributed by atoms with Crippen molar-refractivity contribution in [3.05, 3.63) is 84.6 Å². The van der Waals surface area contributed by atoms with Crippen LogP contribution in [0.5, 0.6) is 0 Å². The topological polar surface area (TPSA) is 37.0 Å². The van der Waals surface area contributed by atoms with E-state index in [0.717, 1.165) is 40.3 Å². The highest BCUT2D eigenvalue weighted by Crippen LogP contribution is 2.63. The Hall–Kier alpha value is -2.49. The predicted octanol–water partition coefficient (Wildman–Crippen LogP) is 7.73. The Kier molecular flexibility index (Phi) is 9.56. The van der Waals surface area contributed by atoms with Crippen LogP contribution in [0.25, 0.3) is 16.5 Å². The highest BCUT2D eigenvalue weighted by atomic mass is 14.9. The molecule has 0 amide bonds. The normalized spacial score (nSPS) is 25.8. The third-order valence-corrected chi connectivity index (χ3v) is 9.10. The lowest BCUT2D eigenvalue weighted by molar-refractivity contribution is 0.376. The molecule has 1 aliphatic carbocycles. The number of hydrogen-bond donors (Lipinski definition) is 2. The van der Waals surface area contributed by atoms with Crippen LogP contribution >= 0.6 is 0 Å². The van der Waals surface area contributed by atoms with Crippen molar-refractivity contribution in [3.63, 3.8) is 0 Å². The van der Waals surface area contributed by atoms with Crippen molar-refractivity contribution in [3.8, 4) is 0 Å². The van der Waals surface area contributed by atoms with Gasteiger partial charge in [0.2, 0.25) is 0 Å². The van der Waals surface area contributed by atoms with Crippen LogP contribution in [0.15, 0.2) is 79.1 Å². The molecule has 3 nitrogen and oxygen atoms in total. The molecule has 1 aromatic carbocycles. The average Bonchev–Trinajstić information content (AvgIpc) is 3.50. The maximum atomic E-state index is 4.42. The number of allylic oxidation sites excluding steroid dienone is 5. The van der Waals surface area contributed by atoms with Gasteiger partial charge in [-0.1, -0.05) is 68.5 Å². The van der Waals surface area contributed by atoms with E-state index >= 15 is 0 Å². The zero-order chi connectivity index (χ0) is 26.3. The minimum Gasteiger partial charge on any atom is -0.317 e. The maximum absolute atomic E-state index is 4.42. The van der Waals surface area contributed by atoms with Crippen molar-refractivity contribution in [2.75, 3.05) is 20.1 Å². The SMILES string of the molecule is C=C(/C=C\C(C/C=C/[C@H]1C(C/C(C)=C\CC2CCNCC2)[C@]1(C)CC)NC)c1ccc2ncccc2c1. The molecule has 198 valence electrons. The minimum absolute atomic E-state index is 0.298. The van der Waals surface area contributed by atoms with E-state index in [9.17, 15) is 0 Å². The lowest BCUT2D eigenvalue weighted by Gasteiger charge is -2.21. The van der Waals surface area contributed by atoms with Crippen LogP contribution in [0.4, 0.5) is 0 Å². The third-order valence-electron chi connectivity index (χ3n) is 9.10. The Bertz CT molecular complexity index is 1140. The lowest BCUT2D eigenvalue weighted by atomic mass is 9.92. The molecule has 2 unspecified atom stereocenters. The summed E-state index contributed by atoms with van der Waals surface area (Å²) in [5, 5.41) is 8.09. The lowest BCUT2D eigenvalue weighted by Crippen LogP contribution is -2.27. The largest absolute Gasteiger partial charge is 0.317 e. The summed E-state index contributed by atoms with van der Waals surface area (Å²) in [5.74, 6) is 2.36. The van der Waals surface area contributed by atoms with Crippen LogP contribution in [-0.4, -0.2) is 31.2 Å². The number of benzene rings is 1. The molecular formula is C34H47N3. The number of nitrogens with zero attached hydrogens (tertiary/aromatic N) is 1. The molecule has 37 heavy (non-hydrogen) atoms. The molecule has 1 saturated heterocycles. The molecule has 1 aliphatic heterocycles. The molecule has 4 rings (SSSR count). The van der Waals surface area contributed by atoms with Crippen LogP contribution in [-0.2, 0) is 0 Å². The standard InChI is InChI=1S/C34H47N3/c1-6-34(4)31(32(34)23-25(2)12-14-27-18-21-36-22-19-27)11-7-10-30(35-5)16-13-26(3)28-15-17-33-29(24-28)9-8-20-37-33/h7-9,11-13,15-17,20,24,27,30-32,35-36H,3,6,10,14,18-19,21-23H2,1-2,4-5H3/b11-7+,16-13-,25-12-/t30?,31-,32?,34+/m0/s1. The second kappa shape index (κ2) is 12.8. The first-order valence-corrected chi connectivity index (χ1v) is 14.4. The second-order valence-corrected chi connectivity index (χ2v) is 11.5. The average molecular weight is 498 g/mol. The van der Waals surface area contributed by atoms with Gasteiger partial charge in [-0.15, -0.1) is 0 Å². The molecule has 2 fully saturated rings. The van der Waals surface area contributed by atoms with Gasteiger partial charge in [-0.25, -0.2) is 0 Å². The van der Waals surface area contributed by atoms with Gasteiger partial charge in [0.1, 0.15) is 0 Å². The summed E-state index contributed by atoms with van der Waals surface area (Å²) in [5.41, 5.74) is 5.24.